The lowest BCUT2D eigenvalue weighted by Crippen LogP contribution is -2.04. The van der Waals surface area contributed by atoms with Gasteiger partial charge in [0.25, 0.3) is 0 Å². The van der Waals surface area contributed by atoms with Gasteiger partial charge in [0.1, 0.15) is 11.9 Å². The smallest absolute Gasteiger partial charge is 0.151 e. The maximum Gasteiger partial charge on any atom is 0.151 e. The van der Waals surface area contributed by atoms with Crippen molar-refractivity contribution in [2.24, 2.45) is 0 Å². The van der Waals surface area contributed by atoms with Crippen LogP contribution in [0.3, 0.4) is 0 Å². The van der Waals surface area contributed by atoms with Crippen LogP contribution in [0.2, 0.25) is 0 Å². The highest BCUT2D eigenvalue weighted by atomic mass is 79.9. The summed E-state index contributed by atoms with van der Waals surface area (Å²) in [5.74, 6) is 1.68. The minimum atomic E-state index is 0.589. The fourth-order valence-corrected chi connectivity index (χ4v) is 2.11. The van der Waals surface area contributed by atoms with E-state index in [1.54, 1.807) is 10.7 Å². The zero-order valence-corrected chi connectivity index (χ0v) is 11.9. The van der Waals surface area contributed by atoms with E-state index in [1.807, 2.05) is 26.0 Å². The summed E-state index contributed by atoms with van der Waals surface area (Å²) in [6, 6.07) is 7.78. The van der Waals surface area contributed by atoms with Gasteiger partial charge in [-0.3, -0.25) is 0 Å². The van der Waals surface area contributed by atoms with Crippen molar-refractivity contribution in [1.29, 1.82) is 5.26 Å². The summed E-state index contributed by atoms with van der Waals surface area (Å²) in [4.78, 5) is 4.45. The van der Waals surface area contributed by atoms with Gasteiger partial charge < -0.3 is 0 Å². The van der Waals surface area contributed by atoms with Crippen LogP contribution in [0.5, 0.6) is 0 Å². The van der Waals surface area contributed by atoms with Crippen LogP contribution in [0.1, 0.15) is 31.1 Å². The fourth-order valence-electron chi connectivity index (χ4n) is 1.75. The Balaban J connectivity index is 2.61. The lowest BCUT2D eigenvalue weighted by atomic mass is 10.2. The van der Waals surface area contributed by atoms with Crippen molar-refractivity contribution in [3.05, 3.63) is 39.9 Å². The van der Waals surface area contributed by atoms with E-state index in [1.165, 1.54) is 0 Å². The number of benzene rings is 1. The Morgan fingerprint density at radius 3 is 2.72 bits per heavy atom. The highest BCUT2D eigenvalue weighted by Gasteiger charge is 2.12. The number of halogens is 1. The summed E-state index contributed by atoms with van der Waals surface area (Å²) in [6.45, 7) is 4.05. The first-order valence-electron chi connectivity index (χ1n) is 5.84. The van der Waals surface area contributed by atoms with Gasteiger partial charge in [0.05, 0.1) is 11.3 Å². The third-order valence-corrected chi connectivity index (χ3v) is 3.15. The third kappa shape index (κ3) is 2.29. The average molecular weight is 305 g/mol. The molecule has 0 radical (unpaired) electrons. The molecule has 18 heavy (non-hydrogen) atoms. The molecule has 92 valence electrons. The number of nitriles is 1. The summed E-state index contributed by atoms with van der Waals surface area (Å²) in [5.41, 5.74) is 1.37. The number of rotatable bonds is 3. The summed E-state index contributed by atoms with van der Waals surface area (Å²) in [7, 11) is 0. The van der Waals surface area contributed by atoms with E-state index in [-0.39, 0.29) is 0 Å². The summed E-state index contributed by atoms with van der Waals surface area (Å²) >= 11 is 3.37. The Hall–Kier alpha value is -1.67. The number of aromatic nitrogens is 3. The van der Waals surface area contributed by atoms with Gasteiger partial charge in [-0.25, -0.2) is 9.67 Å². The van der Waals surface area contributed by atoms with Crippen molar-refractivity contribution >= 4 is 15.9 Å². The van der Waals surface area contributed by atoms with E-state index in [0.29, 0.717) is 5.56 Å². The monoisotopic (exact) mass is 304 g/mol. The minimum Gasteiger partial charge on any atom is -0.216 e. The lowest BCUT2D eigenvalue weighted by molar-refractivity contribution is 0.789. The molecule has 0 N–H and O–H groups in total. The molecule has 1 heterocycles. The second-order valence-electron chi connectivity index (χ2n) is 3.84. The van der Waals surface area contributed by atoms with Gasteiger partial charge in [0, 0.05) is 17.3 Å². The zero-order valence-electron chi connectivity index (χ0n) is 10.3. The topological polar surface area (TPSA) is 54.5 Å². The molecule has 5 heteroatoms. The molecule has 0 aliphatic heterocycles. The van der Waals surface area contributed by atoms with Crippen LogP contribution in [-0.4, -0.2) is 14.8 Å². The molecule has 4 nitrogen and oxygen atoms in total. The van der Waals surface area contributed by atoms with Gasteiger partial charge in [-0.1, -0.05) is 29.8 Å². The SMILES string of the molecule is CCc1nc(CC)n(-c2ccc(Br)cc2C#N)n1. The van der Waals surface area contributed by atoms with Crippen LogP contribution >= 0.6 is 15.9 Å². The Kier molecular flexibility index (Phi) is 3.78. The van der Waals surface area contributed by atoms with E-state index < -0.39 is 0 Å². The molecule has 0 unspecified atom stereocenters. The predicted molar refractivity (Wildman–Crippen MR) is 72.5 cm³/mol. The summed E-state index contributed by atoms with van der Waals surface area (Å²) in [5, 5.41) is 13.6. The summed E-state index contributed by atoms with van der Waals surface area (Å²) in [6.07, 6.45) is 1.58. The Morgan fingerprint density at radius 1 is 1.33 bits per heavy atom. The largest absolute Gasteiger partial charge is 0.216 e. The van der Waals surface area contributed by atoms with E-state index in [4.69, 9.17) is 0 Å². The van der Waals surface area contributed by atoms with Gasteiger partial charge in [-0.2, -0.15) is 10.4 Å². The first kappa shape index (κ1) is 12.8. The lowest BCUT2D eigenvalue weighted by Gasteiger charge is -2.06. The molecule has 0 spiro atoms. The minimum absolute atomic E-state index is 0.589. The molecule has 0 fully saturated rings. The Labute approximate surface area is 114 Å². The van der Waals surface area contributed by atoms with Crippen molar-refractivity contribution in [2.45, 2.75) is 26.7 Å². The first-order chi connectivity index (χ1) is 8.69. The second-order valence-corrected chi connectivity index (χ2v) is 4.75. The van der Waals surface area contributed by atoms with Crippen LogP contribution in [0.25, 0.3) is 5.69 Å². The maximum absolute atomic E-state index is 9.20. The van der Waals surface area contributed by atoms with Crippen LogP contribution < -0.4 is 0 Å². The Bertz CT molecular complexity index is 610. The molecule has 2 aromatic rings. The molecule has 0 saturated carbocycles. The standard InChI is InChI=1S/C13H13BrN4/c1-3-12-16-13(4-2)18(17-12)11-6-5-10(14)7-9(11)8-15/h5-7H,3-4H2,1-2H3. The highest BCUT2D eigenvalue weighted by molar-refractivity contribution is 9.10. The van der Waals surface area contributed by atoms with Gasteiger partial charge in [0.15, 0.2) is 5.82 Å². The molecule has 0 amide bonds. The number of aryl methyl sites for hydroxylation is 2. The van der Waals surface area contributed by atoms with Crippen LogP contribution in [0.15, 0.2) is 22.7 Å². The number of nitrogens with zero attached hydrogens (tertiary/aromatic N) is 4. The van der Waals surface area contributed by atoms with Gasteiger partial charge in [-0.05, 0) is 18.2 Å². The molecule has 1 aromatic carbocycles. The van der Waals surface area contributed by atoms with Crippen molar-refractivity contribution in [3.8, 4) is 11.8 Å². The van der Waals surface area contributed by atoms with Gasteiger partial charge in [-0.15, -0.1) is 0 Å². The zero-order chi connectivity index (χ0) is 13.1. The van der Waals surface area contributed by atoms with E-state index in [9.17, 15) is 5.26 Å². The fraction of sp³-hybridized carbons (Fsp3) is 0.308. The molecule has 2 rings (SSSR count). The van der Waals surface area contributed by atoms with Crippen LogP contribution in [0, 0.1) is 11.3 Å². The molecule has 1 aromatic heterocycles. The van der Waals surface area contributed by atoms with Crippen molar-refractivity contribution in [1.82, 2.24) is 14.8 Å². The number of hydrogen-bond donors (Lipinski definition) is 0. The summed E-state index contributed by atoms with van der Waals surface area (Å²) < 4.78 is 2.65. The first-order valence-corrected chi connectivity index (χ1v) is 6.63. The molecule has 0 bridgehead atoms. The van der Waals surface area contributed by atoms with E-state index in [0.717, 1.165) is 34.7 Å². The maximum atomic E-state index is 9.20. The molecular weight excluding hydrogens is 292 g/mol. The molecule has 0 aliphatic rings. The molecular formula is C13H13BrN4. The quantitative estimate of drug-likeness (QED) is 0.876. The second kappa shape index (κ2) is 5.32. The molecule has 0 saturated heterocycles. The highest BCUT2D eigenvalue weighted by Crippen LogP contribution is 2.20. The van der Waals surface area contributed by atoms with Gasteiger partial charge in [0.2, 0.25) is 0 Å². The van der Waals surface area contributed by atoms with Crippen molar-refractivity contribution in [3.63, 3.8) is 0 Å². The van der Waals surface area contributed by atoms with E-state index in [2.05, 4.69) is 32.1 Å². The van der Waals surface area contributed by atoms with Crippen LogP contribution in [-0.2, 0) is 12.8 Å². The Morgan fingerprint density at radius 2 is 2.11 bits per heavy atom. The third-order valence-electron chi connectivity index (χ3n) is 2.66. The van der Waals surface area contributed by atoms with Crippen molar-refractivity contribution < 1.29 is 0 Å². The van der Waals surface area contributed by atoms with Crippen molar-refractivity contribution in [2.75, 3.05) is 0 Å². The predicted octanol–water partition coefficient (Wildman–Crippen LogP) is 3.03. The van der Waals surface area contributed by atoms with E-state index >= 15 is 0 Å². The van der Waals surface area contributed by atoms with Crippen LogP contribution in [0.4, 0.5) is 0 Å². The average Bonchev–Trinajstić information content (AvgIpc) is 2.81. The number of hydrogen-bond acceptors (Lipinski definition) is 3. The normalized spacial score (nSPS) is 10.3. The molecule has 0 aliphatic carbocycles. The molecule has 0 atom stereocenters. The van der Waals surface area contributed by atoms with Gasteiger partial charge >= 0.3 is 0 Å².